The minimum Gasteiger partial charge on any atom is -0.337 e. The Bertz CT molecular complexity index is 349. The Labute approximate surface area is 95.0 Å². The molecule has 1 fully saturated rings. The summed E-state index contributed by atoms with van der Waals surface area (Å²) in [5.41, 5.74) is 6.57. The Morgan fingerprint density at radius 2 is 2.56 bits per heavy atom. The minimum atomic E-state index is 0.0304. The number of nitrogens with two attached hydrogens (primary N) is 1. The summed E-state index contributed by atoms with van der Waals surface area (Å²) in [5, 5.41) is 6.50. The summed E-state index contributed by atoms with van der Waals surface area (Å²) in [4.78, 5) is 13.9. The summed E-state index contributed by atoms with van der Waals surface area (Å²) in [6.07, 6.45) is 3.51. The SMILES string of the molecule is CCC1CN(C(=O)c2ccn[nH]2)CCC1N. The number of carbonyl (C=O) groups is 1. The molecule has 0 saturated carbocycles. The number of carbonyl (C=O) groups excluding carboxylic acids is 1. The predicted molar refractivity (Wildman–Crippen MR) is 60.9 cm³/mol. The second-order valence-electron chi connectivity index (χ2n) is 4.34. The number of hydrogen-bond donors (Lipinski definition) is 2. The van der Waals surface area contributed by atoms with Gasteiger partial charge >= 0.3 is 0 Å². The lowest BCUT2D eigenvalue weighted by atomic mass is 9.90. The molecule has 2 rings (SSSR count). The fraction of sp³-hybridized carbons (Fsp3) is 0.636. The highest BCUT2D eigenvalue weighted by atomic mass is 16.2. The molecule has 1 aromatic heterocycles. The summed E-state index contributed by atoms with van der Waals surface area (Å²) in [6.45, 7) is 3.62. The van der Waals surface area contributed by atoms with Gasteiger partial charge in [0.15, 0.2) is 0 Å². The van der Waals surface area contributed by atoms with Gasteiger partial charge in [0.25, 0.3) is 5.91 Å². The zero-order chi connectivity index (χ0) is 11.5. The topological polar surface area (TPSA) is 75.0 Å². The van der Waals surface area contributed by atoms with Crippen molar-refractivity contribution in [1.82, 2.24) is 15.1 Å². The van der Waals surface area contributed by atoms with Gasteiger partial charge in [-0.1, -0.05) is 13.3 Å². The number of amides is 1. The van der Waals surface area contributed by atoms with Gasteiger partial charge in [-0.15, -0.1) is 0 Å². The van der Waals surface area contributed by atoms with Gasteiger partial charge in [0.05, 0.1) is 0 Å². The van der Waals surface area contributed by atoms with Crippen LogP contribution in [0.1, 0.15) is 30.3 Å². The maximum absolute atomic E-state index is 12.0. The lowest BCUT2D eigenvalue weighted by Gasteiger charge is -2.36. The molecule has 1 aliphatic rings. The van der Waals surface area contributed by atoms with Crippen LogP contribution in [0, 0.1) is 5.92 Å². The van der Waals surface area contributed by atoms with Crippen molar-refractivity contribution in [2.45, 2.75) is 25.8 Å². The first-order valence-corrected chi connectivity index (χ1v) is 5.76. The van der Waals surface area contributed by atoms with Gasteiger partial charge in [0.1, 0.15) is 5.69 Å². The maximum Gasteiger partial charge on any atom is 0.271 e. The highest BCUT2D eigenvalue weighted by molar-refractivity contribution is 5.92. The van der Waals surface area contributed by atoms with Crippen molar-refractivity contribution in [3.63, 3.8) is 0 Å². The highest BCUT2D eigenvalue weighted by Gasteiger charge is 2.28. The molecule has 3 N–H and O–H groups in total. The van der Waals surface area contributed by atoms with Crippen LogP contribution in [0.4, 0.5) is 0 Å². The lowest BCUT2D eigenvalue weighted by molar-refractivity contribution is 0.0643. The molecule has 5 heteroatoms. The first-order valence-electron chi connectivity index (χ1n) is 5.76. The normalized spacial score (nSPS) is 25.8. The van der Waals surface area contributed by atoms with Crippen molar-refractivity contribution in [1.29, 1.82) is 0 Å². The van der Waals surface area contributed by atoms with Crippen molar-refractivity contribution < 1.29 is 4.79 Å². The van der Waals surface area contributed by atoms with E-state index in [0.717, 1.165) is 25.9 Å². The third-order valence-corrected chi connectivity index (χ3v) is 3.34. The second-order valence-corrected chi connectivity index (χ2v) is 4.34. The zero-order valence-electron chi connectivity index (χ0n) is 9.52. The summed E-state index contributed by atoms with van der Waals surface area (Å²) in [5.74, 6) is 0.448. The smallest absolute Gasteiger partial charge is 0.271 e. The van der Waals surface area contributed by atoms with E-state index in [1.54, 1.807) is 12.3 Å². The summed E-state index contributed by atoms with van der Waals surface area (Å²) in [7, 11) is 0. The van der Waals surface area contributed by atoms with Crippen LogP contribution in [0.15, 0.2) is 12.3 Å². The van der Waals surface area contributed by atoms with E-state index in [4.69, 9.17) is 5.73 Å². The Hall–Kier alpha value is -1.36. The highest BCUT2D eigenvalue weighted by Crippen LogP contribution is 2.19. The number of nitrogens with one attached hydrogen (secondary N) is 1. The van der Waals surface area contributed by atoms with Crippen molar-refractivity contribution >= 4 is 5.91 Å². The molecule has 0 radical (unpaired) electrons. The van der Waals surface area contributed by atoms with Crippen molar-refractivity contribution in [3.8, 4) is 0 Å². The van der Waals surface area contributed by atoms with Crippen LogP contribution in [0.2, 0.25) is 0 Å². The van der Waals surface area contributed by atoms with Gasteiger partial charge in [0.2, 0.25) is 0 Å². The van der Waals surface area contributed by atoms with Crippen molar-refractivity contribution in [3.05, 3.63) is 18.0 Å². The van der Waals surface area contributed by atoms with E-state index in [0.29, 0.717) is 11.6 Å². The number of aromatic nitrogens is 2. The molecule has 0 bridgehead atoms. The summed E-state index contributed by atoms with van der Waals surface area (Å²) in [6, 6.07) is 1.94. The van der Waals surface area contributed by atoms with E-state index < -0.39 is 0 Å². The Morgan fingerprint density at radius 3 is 3.19 bits per heavy atom. The van der Waals surface area contributed by atoms with Crippen LogP contribution in [0.5, 0.6) is 0 Å². The number of piperidine rings is 1. The number of aromatic amines is 1. The molecule has 0 aromatic carbocycles. The van der Waals surface area contributed by atoms with Gasteiger partial charge in [-0.25, -0.2) is 0 Å². The molecule has 88 valence electrons. The molecule has 5 nitrogen and oxygen atoms in total. The number of H-pyrrole nitrogens is 1. The van der Waals surface area contributed by atoms with E-state index in [-0.39, 0.29) is 11.9 Å². The van der Waals surface area contributed by atoms with Gasteiger partial charge in [-0.2, -0.15) is 5.10 Å². The van der Waals surface area contributed by atoms with E-state index in [1.807, 2.05) is 4.90 Å². The average Bonchev–Trinajstić information content (AvgIpc) is 2.82. The molecule has 1 aromatic rings. The fourth-order valence-electron chi connectivity index (χ4n) is 2.21. The third kappa shape index (κ3) is 2.09. The largest absolute Gasteiger partial charge is 0.337 e. The molecule has 1 aliphatic heterocycles. The van der Waals surface area contributed by atoms with Crippen LogP contribution < -0.4 is 5.73 Å². The predicted octanol–water partition coefficient (Wildman–Crippen LogP) is 0.609. The first-order chi connectivity index (χ1) is 7.72. The molecule has 0 aliphatic carbocycles. The van der Waals surface area contributed by atoms with E-state index >= 15 is 0 Å². The van der Waals surface area contributed by atoms with Crippen molar-refractivity contribution in [2.75, 3.05) is 13.1 Å². The van der Waals surface area contributed by atoms with E-state index in [2.05, 4.69) is 17.1 Å². The number of hydrogen-bond acceptors (Lipinski definition) is 3. The third-order valence-electron chi connectivity index (χ3n) is 3.34. The van der Waals surface area contributed by atoms with Crippen LogP contribution in [-0.4, -0.2) is 40.1 Å². The molecule has 2 heterocycles. The average molecular weight is 222 g/mol. The fourth-order valence-corrected chi connectivity index (χ4v) is 2.21. The summed E-state index contributed by atoms with van der Waals surface area (Å²) < 4.78 is 0. The number of rotatable bonds is 2. The molecular weight excluding hydrogens is 204 g/mol. The van der Waals surface area contributed by atoms with Gasteiger partial charge in [0, 0.05) is 25.3 Å². The van der Waals surface area contributed by atoms with Gasteiger partial charge in [-0.3, -0.25) is 9.89 Å². The van der Waals surface area contributed by atoms with E-state index in [9.17, 15) is 4.79 Å². The molecule has 1 saturated heterocycles. The Balaban J connectivity index is 2.03. The van der Waals surface area contributed by atoms with Gasteiger partial charge < -0.3 is 10.6 Å². The van der Waals surface area contributed by atoms with Crippen LogP contribution in [0.3, 0.4) is 0 Å². The monoisotopic (exact) mass is 222 g/mol. The molecule has 0 spiro atoms. The minimum absolute atomic E-state index is 0.0304. The Kier molecular flexibility index (Phi) is 3.24. The zero-order valence-corrected chi connectivity index (χ0v) is 9.52. The first kappa shape index (κ1) is 11.1. The van der Waals surface area contributed by atoms with E-state index in [1.165, 1.54) is 0 Å². The quantitative estimate of drug-likeness (QED) is 0.769. The Morgan fingerprint density at radius 1 is 1.75 bits per heavy atom. The number of likely N-dealkylation sites (tertiary alicyclic amines) is 1. The molecule has 16 heavy (non-hydrogen) atoms. The second kappa shape index (κ2) is 4.65. The molecular formula is C11H18N4O. The molecule has 2 unspecified atom stereocenters. The van der Waals surface area contributed by atoms with Crippen LogP contribution in [0.25, 0.3) is 0 Å². The lowest BCUT2D eigenvalue weighted by Crippen LogP contribution is -2.49. The number of nitrogens with zero attached hydrogens (tertiary/aromatic N) is 2. The van der Waals surface area contributed by atoms with Crippen molar-refractivity contribution in [2.24, 2.45) is 11.7 Å². The molecule has 2 atom stereocenters. The standard InChI is InChI=1S/C11H18N4O/c1-2-8-7-15(6-4-9(8)12)11(16)10-3-5-13-14-10/h3,5,8-9H,2,4,6-7,12H2,1H3,(H,13,14). The van der Waals surface area contributed by atoms with Gasteiger partial charge in [-0.05, 0) is 18.4 Å². The molecule has 1 amide bonds. The van der Waals surface area contributed by atoms with Crippen LogP contribution in [-0.2, 0) is 0 Å². The van der Waals surface area contributed by atoms with Crippen LogP contribution >= 0.6 is 0 Å². The summed E-state index contributed by atoms with van der Waals surface area (Å²) >= 11 is 0. The maximum atomic E-state index is 12.0.